The summed E-state index contributed by atoms with van der Waals surface area (Å²) in [6, 6.07) is 9.93. The van der Waals surface area contributed by atoms with Crippen molar-refractivity contribution in [1.82, 2.24) is 29.7 Å². The molecular formula is C33H40Cl2N6O5S. The molecule has 1 fully saturated rings. The average Bonchev–Trinajstić information content (AvgIpc) is 3.73. The smallest absolute Gasteiger partial charge is 0.237 e. The number of carbonyl (C=O) groups is 1. The molecule has 3 heterocycles. The topological polar surface area (TPSA) is 130 Å². The van der Waals surface area contributed by atoms with Gasteiger partial charge in [0.15, 0.2) is 9.84 Å². The first-order chi connectivity index (χ1) is 22.6. The quantitative estimate of drug-likeness (QED) is 0.170. The number of halogens is 2. The van der Waals surface area contributed by atoms with Gasteiger partial charge in [-0.25, -0.2) is 18.4 Å². The van der Waals surface area contributed by atoms with Crippen LogP contribution in [0.4, 0.5) is 0 Å². The molecule has 1 aliphatic rings. The number of ether oxygens (including phenoxy) is 1. The second-order valence-electron chi connectivity index (χ2n) is 11.8. The molecule has 47 heavy (non-hydrogen) atoms. The van der Waals surface area contributed by atoms with Crippen LogP contribution in [0.3, 0.4) is 0 Å². The van der Waals surface area contributed by atoms with Crippen molar-refractivity contribution in [3.05, 3.63) is 76.4 Å². The number of likely N-dealkylation sites (N-methyl/N-ethyl adjacent to an activating group) is 1. The number of aliphatic hydroxyl groups is 1. The highest BCUT2D eigenvalue weighted by molar-refractivity contribution is 7.91. The summed E-state index contributed by atoms with van der Waals surface area (Å²) in [6.45, 7) is 4.40. The Morgan fingerprint density at radius 1 is 1.19 bits per heavy atom. The zero-order valence-electron chi connectivity index (χ0n) is 26.5. The zero-order valence-corrected chi connectivity index (χ0v) is 28.9. The fourth-order valence-corrected chi connectivity index (χ4v) is 8.21. The van der Waals surface area contributed by atoms with E-state index in [1.165, 1.54) is 12.1 Å². The zero-order chi connectivity index (χ0) is 33.6. The number of imidazole rings is 1. The predicted molar refractivity (Wildman–Crippen MR) is 183 cm³/mol. The molecule has 1 unspecified atom stereocenters. The molecule has 0 radical (unpaired) electrons. The van der Waals surface area contributed by atoms with E-state index >= 15 is 0 Å². The summed E-state index contributed by atoms with van der Waals surface area (Å²) in [5.74, 6) is -0.0414. The molecule has 0 saturated carbocycles. The Kier molecular flexibility index (Phi) is 11.8. The fraction of sp³-hybridized carbons (Fsp3) is 0.424. The third kappa shape index (κ3) is 8.43. The minimum absolute atomic E-state index is 0.00888. The minimum atomic E-state index is -3.93. The van der Waals surface area contributed by atoms with E-state index in [0.717, 1.165) is 36.2 Å². The van der Waals surface area contributed by atoms with Crippen molar-refractivity contribution in [2.75, 3.05) is 45.7 Å². The van der Waals surface area contributed by atoms with E-state index in [1.807, 2.05) is 42.9 Å². The van der Waals surface area contributed by atoms with Gasteiger partial charge < -0.3 is 24.6 Å². The summed E-state index contributed by atoms with van der Waals surface area (Å²) in [6.07, 6.45) is 8.18. The van der Waals surface area contributed by atoms with Crippen molar-refractivity contribution in [2.24, 2.45) is 0 Å². The summed E-state index contributed by atoms with van der Waals surface area (Å²) in [5, 5.41) is 13.0. The van der Waals surface area contributed by atoms with Gasteiger partial charge in [0.05, 0.1) is 28.0 Å². The number of aliphatic hydroxyl groups excluding tert-OH is 1. The van der Waals surface area contributed by atoms with Crippen LogP contribution in [-0.2, 0) is 21.2 Å². The maximum atomic E-state index is 13.7. The first kappa shape index (κ1) is 35.1. The van der Waals surface area contributed by atoms with Gasteiger partial charge in [0.1, 0.15) is 23.7 Å². The van der Waals surface area contributed by atoms with E-state index in [0.29, 0.717) is 49.3 Å². The number of nitrogens with one attached hydrogen (secondary N) is 1. The van der Waals surface area contributed by atoms with Crippen LogP contribution < -0.4 is 10.1 Å². The molecule has 11 nitrogen and oxygen atoms in total. The number of pyridine rings is 1. The van der Waals surface area contributed by atoms with Crippen molar-refractivity contribution in [1.29, 1.82) is 0 Å². The molecule has 4 aromatic rings. The van der Waals surface area contributed by atoms with Crippen molar-refractivity contribution in [3.8, 4) is 11.4 Å². The molecule has 1 atom stereocenters. The second kappa shape index (κ2) is 15.8. The molecule has 1 amide bonds. The Labute approximate surface area is 285 Å². The van der Waals surface area contributed by atoms with E-state index in [2.05, 4.69) is 15.2 Å². The van der Waals surface area contributed by atoms with E-state index in [4.69, 9.17) is 38.0 Å². The lowest BCUT2D eigenvalue weighted by Gasteiger charge is -2.24. The number of likely N-dealkylation sites (tertiary alicyclic amines) is 1. The van der Waals surface area contributed by atoms with Gasteiger partial charge in [-0.3, -0.25) is 9.69 Å². The van der Waals surface area contributed by atoms with Crippen molar-refractivity contribution >= 4 is 49.8 Å². The molecule has 0 aliphatic carbocycles. The van der Waals surface area contributed by atoms with Crippen LogP contribution in [0, 0.1) is 6.92 Å². The van der Waals surface area contributed by atoms with E-state index < -0.39 is 15.9 Å². The number of aromatic nitrogens is 3. The number of nitrogens with zero attached hydrogens (tertiary/aromatic N) is 5. The number of amides is 1. The standard InChI is InChI=1S/C33H40Cl2N6O5S/c1-23-19-28(40-17-12-36-21-40)24-7-5-9-29(32(24)38-23)46-20-25-26(34)10-11-30(31(25)35)47(44,45)22-41-15-6-8-27(41)33(43)37-13-16-39(2)14-3-4-18-42/h5,7,9-12,17,19,21,27,42H,3-4,6,8,13-16,18,20,22H2,1-2H3,(H,37,43). The summed E-state index contributed by atoms with van der Waals surface area (Å²) in [5.41, 5.74) is 2.67. The number of aryl methyl sites for hydroxylation is 1. The number of hydrogen-bond acceptors (Lipinski definition) is 9. The Hall–Kier alpha value is -3.26. The number of carbonyl (C=O) groups excluding carboxylic acids is 1. The summed E-state index contributed by atoms with van der Waals surface area (Å²) in [7, 11) is -1.97. The van der Waals surface area contributed by atoms with Crippen LogP contribution in [-0.4, -0.2) is 95.5 Å². The molecule has 14 heteroatoms. The number of rotatable bonds is 15. The highest BCUT2D eigenvalue weighted by Gasteiger charge is 2.35. The summed E-state index contributed by atoms with van der Waals surface area (Å²) < 4.78 is 35.5. The Morgan fingerprint density at radius 2 is 2.02 bits per heavy atom. The number of hydrogen-bond donors (Lipinski definition) is 2. The van der Waals surface area contributed by atoms with Gasteiger partial charge in [-0.15, -0.1) is 0 Å². The highest BCUT2D eigenvalue weighted by atomic mass is 35.5. The van der Waals surface area contributed by atoms with Crippen molar-refractivity contribution in [2.45, 2.75) is 50.2 Å². The van der Waals surface area contributed by atoms with Crippen LogP contribution in [0.25, 0.3) is 16.6 Å². The lowest BCUT2D eigenvalue weighted by Crippen LogP contribution is -2.46. The van der Waals surface area contributed by atoms with Crippen molar-refractivity contribution in [3.63, 3.8) is 0 Å². The largest absolute Gasteiger partial charge is 0.487 e. The molecule has 0 spiro atoms. The van der Waals surface area contributed by atoms with Crippen LogP contribution in [0.15, 0.2) is 60.0 Å². The van der Waals surface area contributed by atoms with Crippen LogP contribution >= 0.6 is 23.2 Å². The normalized spacial score (nSPS) is 15.5. The van der Waals surface area contributed by atoms with E-state index in [1.54, 1.807) is 23.5 Å². The molecule has 2 aromatic heterocycles. The predicted octanol–water partition coefficient (Wildman–Crippen LogP) is 4.63. The molecule has 1 aliphatic heterocycles. The van der Waals surface area contributed by atoms with E-state index in [-0.39, 0.29) is 39.9 Å². The van der Waals surface area contributed by atoms with Crippen LogP contribution in [0.1, 0.15) is 36.9 Å². The Morgan fingerprint density at radius 3 is 2.79 bits per heavy atom. The van der Waals surface area contributed by atoms with Crippen LogP contribution in [0.5, 0.6) is 5.75 Å². The molecule has 5 rings (SSSR count). The van der Waals surface area contributed by atoms with E-state index in [9.17, 15) is 13.2 Å². The van der Waals surface area contributed by atoms with Gasteiger partial charge in [-0.1, -0.05) is 35.3 Å². The lowest BCUT2D eigenvalue weighted by atomic mass is 10.1. The maximum Gasteiger partial charge on any atom is 0.237 e. The fourth-order valence-electron chi connectivity index (χ4n) is 5.82. The summed E-state index contributed by atoms with van der Waals surface area (Å²) >= 11 is 13.3. The minimum Gasteiger partial charge on any atom is -0.487 e. The highest BCUT2D eigenvalue weighted by Crippen LogP contribution is 2.35. The van der Waals surface area contributed by atoms with Gasteiger partial charge >= 0.3 is 0 Å². The van der Waals surface area contributed by atoms with Crippen LogP contribution in [0.2, 0.25) is 10.0 Å². The molecule has 252 valence electrons. The number of fused-ring (bicyclic) bond motifs is 1. The molecule has 1 saturated heterocycles. The number of unbranched alkanes of at least 4 members (excludes halogenated alkanes) is 1. The number of benzene rings is 2. The second-order valence-corrected chi connectivity index (χ2v) is 14.5. The molecule has 2 aromatic carbocycles. The number of para-hydroxylation sites is 1. The summed E-state index contributed by atoms with van der Waals surface area (Å²) in [4.78, 5) is 25.6. The van der Waals surface area contributed by atoms with Gasteiger partial charge in [-0.05, 0) is 70.5 Å². The SMILES string of the molecule is Cc1cc(-n2ccnc2)c2cccc(OCc3c(Cl)ccc(S(=O)(=O)CN4CCCC4C(=O)NCCN(C)CCCCO)c3Cl)c2n1. The van der Waals surface area contributed by atoms with Gasteiger partial charge in [0.2, 0.25) is 5.91 Å². The first-order valence-electron chi connectivity index (χ1n) is 15.6. The molecule has 0 bridgehead atoms. The Balaban J connectivity index is 1.28. The molecular weight excluding hydrogens is 663 g/mol. The molecule has 2 N–H and O–H groups in total. The third-order valence-electron chi connectivity index (χ3n) is 8.29. The monoisotopic (exact) mass is 702 g/mol. The van der Waals surface area contributed by atoms with Crippen molar-refractivity contribution < 1.29 is 23.1 Å². The number of sulfone groups is 1. The average molecular weight is 704 g/mol. The van der Waals surface area contributed by atoms with Gasteiger partial charge in [0, 0.05) is 60.3 Å². The Bertz CT molecular complexity index is 1810. The van der Waals surface area contributed by atoms with Gasteiger partial charge in [-0.2, -0.15) is 0 Å². The maximum absolute atomic E-state index is 13.7. The third-order valence-corrected chi connectivity index (χ3v) is 10.9. The lowest BCUT2D eigenvalue weighted by molar-refractivity contribution is -0.125. The first-order valence-corrected chi connectivity index (χ1v) is 18.0. The van der Waals surface area contributed by atoms with Gasteiger partial charge in [0.25, 0.3) is 0 Å².